The summed E-state index contributed by atoms with van der Waals surface area (Å²) in [5.74, 6) is 0. The second kappa shape index (κ2) is 6.66. The molecule has 0 aliphatic carbocycles. The van der Waals surface area contributed by atoms with Gasteiger partial charge in [-0.15, -0.1) is 6.58 Å². The van der Waals surface area contributed by atoms with Crippen LogP contribution < -0.4 is 0 Å². The summed E-state index contributed by atoms with van der Waals surface area (Å²) < 4.78 is 0. The molecule has 0 aliphatic rings. The molecule has 0 bridgehead atoms. The Bertz CT molecular complexity index is 571. The molecule has 0 saturated carbocycles. The van der Waals surface area contributed by atoms with Crippen molar-refractivity contribution >= 4 is 22.5 Å². The number of aliphatic hydroxyl groups is 1. The van der Waals surface area contributed by atoms with Crippen molar-refractivity contribution in [3.8, 4) is 0 Å². The summed E-state index contributed by atoms with van der Waals surface area (Å²) in [5, 5.41) is 10.7. The molecule has 100 valence electrons. The number of hydrogen-bond donors (Lipinski definition) is 1. The quantitative estimate of drug-likeness (QED) is 0.651. The number of benzene rings is 1. The van der Waals surface area contributed by atoms with Gasteiger partial charge < -0.3 is 5.11 Å². The largest absolute Gasteiger partial charge is 0.395 e. The molecule has 0 fully saturated rings. The number of nitrogens with zero attached hydrogens (tertiary/aromatic N) is 2. The zero-order chi connectivity index (χ0) is 13.7. The fourth-order valence-electron chi connectivity index (χ4n) is 2.05. The van der Waals surface area contributed by atoms with Crippen LogP contribution in [0.1, 0.15) is 5.56 Å². The minimum atomic E-state index is 0.118. The van der Waals surface area contributed by atoms with Crippen molar-refractivity contribution in [1.29, 1.82) is 0 Å². The van der Waals surface area contributed by atoms with Gasteiger partial charge >= 0.3 is 0 Å². The molecule has 0 radical (unpaired) electrons. The van der Waals surface area contributed by atoms with Gasteiger partial charge in [-0.3, -0.25) is 4.90 Å². The lowest BCUT2D eigenvalue weighted by Gasteiger charge is -2.20. The molecule has 0 spiro atoms. The van der Waals surface area contributed by atoms with Gasteiger partial charge in [-0.2, -0.15) is 0 Å². The lowest BCUT2D eigenvalue weighted by molar-refractivity contribution is 0.203. The summed E-state index contributed by atoms with van der Waals surface area (Å²) in [6.07, 6.45) is 1.82. The van der Waals surface area contributed by atoms with E-state index in [1.807, 2.05) is 30.3 Å². The summed E-state index contributed by atoms with van der Waals surface area (Å²) in [5.41, 5.74) is 1.87. The van der Waals surface area contributed by atoms with Crippen LogP contribution in [0.15, 0.2) is 43.0 Å². The smallest absolute Gasteiger partial charge is 0.134 e. The molecule has 0 amide bonds. The summed E-state index contributed by atoms with van der Waals surface area (Å²) >= 11 is 6.22. The molecule has 0 aliphatic heterocycles. The van der Waals surface area contributed by atoms with Crippen molar-refractivity contribution in [3.05, 3.63) is 53.7 Å². The molecular formula is C15H17ClN2O. The number of aromatic nitrogens is 1. The SMILES string of the molecule is C=CCN(CCO)Cc1cc2ccccc2nc1Cl. The van der Waals surface area contributed by atoms with Crippen molar-refractivity contribution in [3.63, 3.8) is 0 Å². The van der Waals surface area contributed by atoms with E-state index in [0.29, 0.717) is 24.8 Å². The van der Waals surface area contributed by atoms with Crippen LogP contribution in [-0.2, 0) is 6.54 Å². The van der Waals surface area contributed by atoms with Gasteiger partial charge in [0.05, 0.1) is 12.1 Å². The molecule has 1 N–H and O–H groups in total. The van der Waals surface area contributed by atoms with Gasteiger partial charge in [-0.05, 0) is 12.1 Å². The predicted molar refractivity (Wildman–Crippen MR) is 79.3 cm³/mol. The van der Waals surface area contributed by atoms with Gasteiger partial charge in [-0.25, -0.2) is 4.98 Å². The van der Waals surface area contributed by atoms with Gasteiger partial charge in [0.15, 0.2) is 0 Å². The van der Waals surface area contributed by atoms with Crippen LogP contribution in [0, 0.1) is 0 Å². The number of hydrogen-bond acceptors (Lipinski definition) is 3. The molecule has 2 rings (SSSR count). The molecule has 0 saturated heterocycles. The molecule has 2 aromatic rings. The highest BCUT2D eigenvalue weighted by molar-refractivity contribution is 6.30. The van der Waals surface area contributed by atoms with Crippen LogP contribution >= 0.6 is 11.6 Å². The summed E-state index contributed by atoms with van der Waals surface area (Å²) in [4.78, 5) is 6.47. The van der Waals surface area contributed by atoms with Gasteiger partial charge in [0, 0.05) is 30.6 Å². The second-order valence-electron chi connectivity index (χ2n) is 4.38. The average Bonchev–Trinajstić information content (AvgIpc) is 2.40. The fraction of sp³-hybridized carbons (Fsp3) is 0.267. The van der Waals surface area contributed by atoms with Crippen molar-refractivity contribution in [1.82, 2.24) is 9.88 Å². The summed E-state index contributed by atoms with van der Waals surface area (Å²) in [6, 6.07) is 9.95. The first-order chi connectivity index (χ1) is 9.24. The molecule has 1 aromatic heterocycles. The van der Waals surface area contributed by atoms with Gasteiger partial charge in [0.25, 0.3) is 0 Å². The zero-order valence-electron chi connectivity index (χ0n) is 10.7. The Hall–Kier alpha value is -1.42. The van der Waals surface area contributed by atoms with Gasteiger partial charge in [0.1, 0.15) is 5.15 Å². The molecule has 0 atom stereocenters. The van der Waals surface area contributed by atoms with Crippen LogP contribution in [-0.4, -0.2) is 34.7 Å². The maximum Gasteiger partial charge on any atom is 0.134 e. The molecule has 3 nitrogen and oxygen atoms in total. The Morgan fingerprint density at radius 3 is 2.89 bits per heavy atom. The molecule has 19 heavy (non-hydrogen) atoms. The normalized spacial score (nSPS) is 11.1. The van der Waals surface area contributed by atoms with Crippen molar-refractivity contribution in [2.24, 2.45) is 0 Å². The number of rotatable bonds is 6. The minimum Gasteiger partial charge on any atom is -0.395 e. The van der Waals surface area contributed by atoms with Crippen LogP contribution in [0.4, 0.5) is 0 Å². The van der Waals surface area contributed by atoms with E-state index in [-0.39, 0.29) is 6.61 Å². The topological polar surface area (TPSA) is 36.4 Å². The lowest BCUT2D eigenvalue weighted by atomic mass is 10.1. The number of pyridine rings is 1. The van der Waals surface area contributed by atoms with Crippen LogP contribution in [0.3, 0.4) is 0 Å². The Balaban J connectivity index is 2.27. The maximum atomic E-state index is 9.06. The molecule has 1 heterocycles. The first kappa shape index (κ1) is 14.0. The van der Waals surface area contributed by atoms with E-state index in [2.05, 4.69) is 22.5 Å². The van der Waals surface area contributed by atoms with E-state index in [9.17, 15) is 0 Å². The highest BCUT2D eigenvalue weighted by Crippen LogP contribution is 2.21. The molecule has 1 aromatic carbocycles. The van der Waals surface area contributed by atoms with E-state index in [0.717, 1.165) is 16.5 Å². The first-order valence-corrected chi connectivity index (χ1v) is 6.60. The summed E-state index contributed by atoms with van der Waals surface area (Å²) in [7, 11) is 0. The number of aliphatic hydroxyl groups excluding tert-OH is 1. The zero-order valence-corrected chi connectivity index (χ0v) is 11.5. The van der Waals surface area contributed by atoms with E-state index >= 15 is 0 Å². The third kappa shape index (κ3) is 3.53. The average molecular weight is 277 g/mol. The maximum absolute atomic E-state index is 9.06. The van der Waals surface area contributed by atoms with Crippen molar-refractivity contribution in [2.45, 2.75) is 6.54 Å². The Kier molecular flexibility index (Phi) is 4.91. The molecule has 0 unspecified atom stereocenters. The predicted octanol–water partition coefficient (Wildman–Crippen LogP) is 2.87. The Labute approximate surface area is 118 Å². The molecular weight excluding hydrogens is 260 g/mol. The second-order valence-corrected chi connectivity index (χ2v) is 4.74. The standard InChI is InChI=1S/C15H17ClN2O/c1-2-7-18(8-9-19)11-13-10-12-5-3-4-6-14(12)17-15(13)16/h2-6,10,19H,1,7-9,11H2. The highest BCUT2D eigenvalue weighted by atomic mass is 35.5. The Morgan fingerprint density at radius 2 is 2.16 bits per heavy atom. The number of para-hydroxylation sites is 1. The van der Waals surface area contributed by atoms with E-state index in [1.165, 1.54) is 0 Å². The minimum absolute atomic E-state index is 0.118. The third-order valence-electron chi connectivity index (χ3n) is 2.95. The van der Waals surface area contributed by atoms with E-state index < -0.39 is 0 Å². The highest BCUT2D eigenvalue weighted by Gasteiger charge is 2.09. The number of halogens is 1. The first-order valence-electron chi connectivity index (χ1n) is 6.23. The summed E-state index contributed by atoms with van der Waals surface area (Å²) in [6.45, 7) is 5.80. The van der Waals surface area contributed by atoms with Gasteiger partial charge in [0.2, 0.25) is 0 Å². The van der Waals surface area contributed by atoms with E-state index in [4.69, 9.17) is 16.7 Å². The van der Waals surface area contributed by atoms with E-state index in [1.54, 1.807) is 0 Å². The van der Waals surface area contributed by atoms with Crippen LogP contribution in [0.25, 0.3) is 10.9 Å². The monoisotopic (exact) mass is 276 g/mol. The fourth-order valence-corrected chi connectivity index (χ4v) is 2.25. The lowest BCUT2D eigenvalue weighted by Crippen LogP contribution is -2.26. The third-order valence-corrected chi connectivity index (χ3v) is 3.27. The van der Waals surface area contributed by atoms with Crippen molar-refractivity contribution < 1.29 is 5.11 Å². The van der Waals surface area contributed by atoms with Gasteiger partial charge in [-0.1, -0.05) is 35.9 Å². The van der Waals surface area contributed by atoms with Crippen LogP contribution in [0.2, 0.25) is 5.15 Å². The Morgan fingerprint density at radius 1 is 1.37 bits per heavy atom. The van der Waals surface area contributed by atoms with Crippen molar-refractivity contribution in [2.75, 3.05) is 19.7 Å². The number of fused-ring (bicyclic) bond motifs is 1. The molecule has 4 heteroatoms. The van der Waals surface area contributed by atoms with Crippen LogP contribution in [0.5, 0.6) is 0 Å².